The first-order valence-corrected chi connectivity index (χ1v) is 9.60. The van der Waals surface area contributed by atoms with E-state index in [2.05, 4.69) is 5.32 Å². The van der Waals surface area contributed by atoms with Crippen LogP contribution in [0.15, 0.2) is 48.5 Å². The Balaban J connectivity index is 1.77. The van der Waals surface area contributed by atoms with E-state index in [1.807, 2.05) is 35.2 Å². The number of hydrogen-bond acceptors (Lipinski definition) is 3. The van der Waals surface area contributed by atoms with Gasteiger partial charge in [0.2, 0.25) is 11.8 Å². The topological polar surface area (TPSA) is 75.4 Å². The van der Waals surface area contributed by atoms with Crippen molar-refractivity contribution < 1.29 is 9.59 Å². The normalized spacial score (nSPS) is 15.2. The lowest BCUT2D eigenvalue weighted by Gasteiger charge is -2.31. The van der Waals surface area contributed by atoms with Gasteiger partial charge in [-0.25, -0.2) is 0 Å². The zero-order valence-electron chi connectivity index (χ0n) is 15.2. The molecule has 27 heavy (non-hydrogen) atoms. The average Bonchev–Trinajstić information content (AvgIpc) is 2.70. The van der Waals surface area contributed by atoms with Gasteiger partial charge in [-0.15, -0.1) is 0 Å². The number of nitrogens with two attached hydrogens (primary N) is 1. The number of halogens is 1. The van der Waals surface area contributed by atoms with Crippen LogP contribution in [0.3, 0.4) is 0 Å². The molecule has 6 heteroatoms. The molecule has 1 aliphatic heterocycles. The van der Waals surface area contributed by atoms with Crippen molar-refractivity contribution in [2.45, 2.75) is 31.7 Å². The van der Waals surface area contributed by atoms with Gasteiger partial charge in [-0.05, 0) is 36.5 Å². The molecular formula is C21H24ClN3O2. The molecule has 3 rings (SSSR count). The van der Waals surface area contributed by atoms with Gasteiger partial charge >= 0.3 is 0 Å². The van der Waals surface area contributed by atoms with E-state index < -0.39 is 6.04 Å². The number of rotatable bonds is 5. The molecule has 2 aromatic rings. The third-order valence-corrected chi connectivity index (χ3v) is 5.27. The lowest BCUT2D eigenvalue weighted by molar-refractivity contribution is -0.137. The van der Waals surface area contributed by atoms with Gasteiger partial charge in [0.05, 0.1) is 17.1 Å². The van der Waals surface area contributed by atoms with Gasteiger partial charge in [0.15, 0.2) is 0 Å². The van der Waals surface area contributed by atoms with Crippen molar-refractivity contribution in [2.75, 3.05) is 18.8 Å². The molecule has 0 radical (unpaired) electrons. The molecule has 0 spiro atoms. The number of anilines is 1. The summed E-state index contributed by atoms with van der Waals surface area (Å²) in [6.07, 6.45) is 3.21. The monoisotopic (exact) mass is 385 g/mol. The number of carbonyl (C=O) groups is 2. The number of nitrogens with one attached hydrogen (secondary N) is 1. The van der Waals surface area contributed by atoms with Gasteiger partial charge in [0.25, 0.3) is 0 Å². The first-order valence-electron chi connectivity index (χ1n) is 9.22. The summed E-state index contributed by atoms with van der Waals surface area (Å²) in [6, 6.07) is 13.9. The Kier molecular flexibility index (Phi) is 6.35. The van der Waals surface area contributed by atoms with E-state index in [-0.39, 0.29) is 18.2 Å². The van der Waals surface area contributed by atoms with Crippen molar-refractivity contribution in [3.8, 4) is 0 Å². The summed E-state index contributed by atoms with van der Waals surface area (Å²) in [5, 5.41) is 3.28. The highest BCUT2D eigenvalue weighted by atomic mass is 35.5. The van der Waals surface area contributed by atoms with E-state index in [4.69, 9.17) is 17.3 Å². The largest absolute Gasteiger partial charge is 0.398 e. The standard InChI is InChI=1S/C21H24ClN3O2/c22-19-16(10-7-11-17(19)23)14-18(26)24-20(15-8-3-1-4-9-15)21(27)25-12-5-2-6-13-25/h1,3-4,7-11,20H,2,5-6,12-14,23H2,(H,24,26). The molecule has 1 unspecified atom stereocenters. The van der Waals surface area contributed by atoms with Crippen LogP contribution in [0.25, 0.3) is 0 Å². The zero-order chi connectivity index (χ0) is 19.2. The van der Waals surface area contributed by atoms with Gasteiger partial charge in [0.1, 0.15) is 6.04 Å². The van der Waals surface area contributed by atoms with Crippen LogP contribution in [0.4, 0.5) is 5.69 Å². The highest BCUT2D eigenvalue weighted by Crippen LogP contribution is 2.24. The summed E-state index contributed by atoms with van der Waals surface area (Å²) in [7, 11) is 0. The third-order valence-electron chi connectivity index (χ3n) is 4.81. The Bertz CT molecular complexity index is 804. The quantitative estimate of drug-likeness (QED) is 0.775. The van der Waals surface area contributed by atoms with Gasteiger partial charge < -0.3 is 16.0 Å². The van der Waals surface area contributed by atoms with E-state index in [9.17, 15) is 9.59 Å². The second-order valence-corrected chi connectivity index (χ2v) is 7.17. The highest BCUT2D eigenvalue weighted by molar-refractivity contribution is 6.34. The Morgan fingerprint density at radius 2 is 1.74 bits per heavy atom. The second-order valence-electron chi connectivity index (χ2n) is 6.79. The molecule has 1 atom stereocenters. The number of amides is 2. The molecule has 0 saturated carbocycles. The van der Waals surface area contributed by atoms with Crippen molar-refractivity contribution in [2.24, 2.45) is 0 Å². The minimum atomic E-state index is -0.698. The van der Waals surface area contributed by atoms with Gasteiger partial charge in [-0.3, -0.25) is 9.59 Å². The molecule has 3 N–H and O–H groups in total. The Hall–Kier alpha value is -2.53. The molecule has 1 heterocycles. The Morgan fingerprint density at radius 3 is 2.44 bits per heavy atom. The summed E-state index contributed by atoms with van der Waals surface area (Å²) >= 11 is 6.19. The predicted molar refractivity (Wildman–Crippen MR) is 107 cm³/mol. The Morgan fingerprint density at radius 1 is 1.04 bits per heavy atom. The zero-order valence-corrected chi connectivity index (χ0v) is 15.9. The molecule has 0 aromatic heterocycles. The summed E-state index contributed by atoms with van der Waals surface area (Å²) < 4.78 is 0. The van der Waals surface area contributed by atoms with Crippen LogP contribution < -0.4 is 11.1 Å². The molecule has 1 saturated heterocycles. The van der Waals surface area contributed by atoms with E-state index in [1.54, 1.807) is 18.2 Å². The van der Waals surface area contributed by atoms with E-state index in [0.717, 1.165) is 37.9 Å². The molecule has 0 bridgehead atoms. The fourth-order valence-corrected chi connectivity index (χ4v) is 3.54. The smallest absolute Gasteiger partial charge is 0.249 e. The number of benzene rings is 2. The number of hydrogen-bond donors (Lipinski definition) is 2. The second kappa shape index (κ2) is 8.91. The lowest BCUT2D eigenvalue weighted by atomic mass is 10.0. The van der Waals surface area contributed by atoms with Crippen molar-refractivity contribution in [1.29, 1.82) is 0 Å². The van der Waals surface area contributed by atoms with E-state index >= 15 is 0 Å². The van der Waals surface area contributed by atoms with Gasteiger partial charge in [-0.1, -0.05) is 54.1 Å². The number of carbonyl (C=O) groups excluding carboxylic acids is 2. The van der Waals surface area contributed by atoms with Crippen LogP contribution in [-0.4, -0.2) is 29.8 Å². The minimum absolute atomic E-state index is 0.0621. The molecule has 5 nitrogen and oxygen atoms in total. The third kappa shape index (κ3) is 4.80. The first-order chi connectivity index (χ1) is 13.1. The van der Waals surface area contributed by atoms with Crippen LogP contribution >= 0.6 is 11.6 Å². The summed E-state index contributed by atoms with van der Waals surface area (Å²) in [6.45, 7) is 1.47. The minimum Gasteiger partial charge on any atom is -0.398 e. The van der Waals surface area contributed by atoms with Crippen molar-refractivity contribution >= 4 is 29.1 Å². The fourth-order valence-electron chi connectivity index (χ4n) is 3.35. The number of nitrogens with zero attached hydrogens (tertiary/aromatic N) is 1. The predicted octanol–water partition coefficient (Wildman–Crippen LogP) is 3.33. The number of piperidine rings is 1. The maximum atomic E-state index is 13.1. The molecule has 2 amide bonds. The summed E-state index contributed by atoms with van der Waals surface area (Å²) in [5.74, 6) is -0.324. The fraction of sp³-hybridized carbons (Fsp3) is 0.333. The van der Waals surface area contributed by atoms with Crippen LogP contribution in [0.5, 0.6) is 0 Å². The molecule has 1 fully saturated rings. The summed E-state index contributed by atoms with van der Waals surface area (Å²) in [4.78, 5) is 27.6. The van der Waals surface area contributed by atoms with Gasteiger partial charge in [-0.2, -0.15) is 0 Å². The molecular weight excluding hydrogens is 362 g/mol. The first kappa shape index (κ1) is 19.2. The van der Waals surface area contributed by atoms with Crippen LogP contribution in [0, 0.1) is 0 Å². The van der Waals surface area contributed by atoms with E-state index in [0.29, 0.717) is 16.3 Å². The molecule has 0 aliphatic carbocycles. The maximum absolute atomic E-state index is 13.1. The molecule has 2 aromatic carbocycles. The van der Waals surface area contributed by atoms with Crippen molar-refractivity contribution in [3.05, 3.63) is 64.7 Å². The van der Waals surface area contributed by atoms with Gasteiger partial charge in [0, 0.05) is 13.1 Å². The lowest BCUT2D eigenvalue weighted by Crippen LogP contribution is -2.45. The number of nitrogen functional groups attached to an aromatic ring is 1. The SMILES string of the molecule is Nc1cccc(CC(=O)NC(C(=O)N2CCCCC2)c2ccccc2)c1Cl. The molecule has 142 valence electrons. The van der Waals surface area contributed by atoms with E-state index in [1.165, 1.54) is 0 Å². The van der Waals surface area contributed by atoms with Crippen LogP contribution in [-0.2, 0) is 16.0 Å². The maximum Gasteiger partial charge on any atom is 0.249 e. The van der Waals surface area contributed by atoms with Crippen molar-refractivity contribution in [1.82, 2.24) is 10.2 Å². The molecule has 1 aliphatic rings. The average molecular weight is 386 g/mol. The van der Waals surface area contributed by atoms with Crippen LogP contribution in [0.2, 0.25) is 5.02 Å². The van der Waals surface area contributed by atoms with Crippen molar-refractivity contribution in [3.63, 3.8) is 0 Å². The highest BCUT2D eigenvalue weighted by Gasteiger charge is 2.28. The summed E-state index contributed by atoms with van der Waals surface area (Å²) in [5.41, 5.74) is 7.67. The number of likely N-dealkylation sites (tertiary alicyclic amines) is 1. The Labute approximate surface area is 164 Å². The van der Waals surface area contributed by atoms with Crippen LogP contribution in [0.1, 0.15) is 36.4 Å².